The highest BCUT2D eigenvalue weighted by Crippen LogP contribution is 2.22. The van der Waals surface area contributed by atoms with Crippen molar-refractivity contribution in [2.24, 2.45) is 10.7 Å². The summed E-state index contributed by atoms with van der Waals surface area (Å²) < 4.78 is 32.6. The van der Waals surface area contributed by atoms with E-state index in [9.17, 15) is 8.42 Å². The molecule has 140 valence electrons. The molecule has 26 heavy (non-hydrogen) atoms. The van der Waals surface area contributed by atoms with Crippen LogP contribution in [0.25, 0.3) is 0 Å². The summed E-state index contributed by atoms with van der Waals surface area (Å²) in [6, 6.07) is 12.6. The first kappa shape index (κ1) is 19.7. The van der Waals surface area contributed by atoms with Gasteiger partial charge in [-0.05, 0) is 43.2 Å². The fraction of sp³-hybridized carbons (Fsp3) is 0.278. The predicted molar refractivity (Wildman–Crippen MR) is 104 cm³/mol. The van der Waals surface area contributed by atoms with Crippen LogP contribution in [0.15, 0.2) is 52.4 Å². The maximum atomic E-state index is 12.4. The monoisotopic (exact) mass is 376 g/mol. The Labute approximate surface area is 154 Å². The number of nitrogens with zero attached hydrogens (tertiary/aromatic N) is 1. The lowest BCUT2D eigenvalue weighted by Gasteiger charge is -2.11. The molecule has 2 aromatic carbocycles. The van der Waals surface area contributed by atoms with Crippen molar-refractivity contribution in [1.29, 1.82) is 0 Å². The Morgan fingerprint density at radius 3 is 2.65 bits per heavy atom. The van der Waals surface area contributed by atoms with Gasteiger partial charge in [0.1, 0.15) is 5.75 Å². The highest BCUT2D eigenvalue weighted by Gasteiger charge is 2.16. The second kappa shape index (κ2) is 8.68. The highest BCUT2D eigenvalue weighted by molar-refractivity contribution is 7.89. The van der Waals surface area contributed by atoms with Crippen LogP contribution in [0.3, 0.4) is 0 Å². The van der Waals surface area contributed by atoms with E-state index in [0.29, 0.717) is 17.0 Å². The minimum atomic E-state index is -3.58. The van der Waals surface area contributed by atoms with Gasteiger partial charge in [0.2, 0.25) is 10.0 Å². The van der Waals surface area contributed by atoms with Crippen molar-refractivity contribution >= 4 is 21.7 Å². The molecule has 7 nitrogen and oxygen atoms in total. The second-order valence-corrected chi connectivity index (χ2v) is 7.49. The van der Waals surface area contributed by atoms with E-state index in [-0.39, 0.29) is 23.9 Å². The molecule has 4 N–H and O–H groups in total. The molecule has 0 aliphatic rings. The van der Waals surface area contributed by atoms with Gasteiger partial charge >= 0.3 is 0 Å². The quantitative estimate of drug-likeness (QED) is 0.389. The van der Waals surface area contributed by atoms with Crippen LogP contribution < -0.4 is 20.5 Å². The fourth-order valence-electron chi connectivity index (χ4n) is 2.36. The van der Waals surface area contributed by atoms with E-state index in [2.05, 4.69) is 15.0 Å². The van der Waals surface area contributed by atoms with E-state index in [4.69, 9.17) is 10.5 Å². The van der Waals surface area contributed by atoms with Crippen molar-refractivity contribution in [3.8, 4) is 5.75 Å². The summed E-state index contributed by atoms with van der Waals surface area (Å²) in [4.78, 5) is 4.41. The molecule has 0 aromatic heterocycles. The van der Waals surface area contributed by atoms with Gasteiger partial charge in [-0.2, -0.15) is 0 Å². The molecule has 0 heterocycles. The van der Waals surface area contributed by atoms with E-state index in [1.54, 1.807) is 32.2 Å². The minimum Gasteiger partial charge on any atom is -0.495 e. The van der Waals surface area contributed by atoms with Gasteiger partial charge in [-0.25, -0.2) is 13.1 Å². The zero-order chi connectivity index (χ0) is 19.2. The van der Waals surface area contributed by atoms with Gasteiger partial charge in [0, 0.05) is 6.54 Å². The first-order chi connectivity index (χ1) is 12.3. The van der Waals surface area contributed by atoms with E-state index >= 15 is 0 Å². The van der Waals surface area contributed by atoms with E-state index in [0.717, 1.165) is 5.56 Å². The number of guanidine groups is 1. The molecule has 0 unspecified atom stereocenters. The first-order valence-electron chi connectivity index (χ1n) is 8.10. The van der Waals surface area contributed by atoms with Gasteiger partial charge in [-0.3, -0.25) is 4.99 Å². The summed E-state index contributed by atoms with van der Waals surface area (Å²) in [5.74, 6) is 0.821. The standard InChI is InChI=1S/C18H24N4O3S/c1-13-8-9-14(2)17(12-13)26(23,24)21-11-10-20-18(19)22-15-6-4-5-7-16(15)25-3/h4-9,12,21H,10-11H2,1-3H3,(H3,19,20,22). The third-order valence-electron chi connectivity index (χ3n) is 3.69. The lowest BCUT2D eigenvalue weighted by Crippen LogP contribution is -2.29. The van der Waals surface area contributed by atoms with Gasteiger partial charge in [0.05, 0.1) is 24.2 Å². The summed E-state index contributed by atoms with van der Waals surface area (Å²) in [6.45, 7) is 3.97. The molecular weight excluding hydrogens is 352 g/mol. The molecule has 0 atom stereocenters. The van der Waals surface area contributed by atoms with E-state index in [1.165, 1.54) is 0 Å². The zero-order valence-corrected chi connectivity index (χ0v) is 15.9. The number of rotatable bonds is 7. The smallest absolute Gasteiger partial charge is 0.240 e. The highest BCUT2D eigenvalue weighted by atomic mass is 32.2. The number of ether oxygens (including phenoxy) is 1. The second-order valence-electron chi connectivity index (χ2n) is 5.76. The number of benzene rings is 2. The molecule has 2 aromatic rings. The molecule has 0 saturated heterocycles. The third kappa shape index (κ3) is 5.21. The van der Waals surface area contributed by atoms with Gasteiger partial charge in [-0.15, -0.1) is 0 Å². The predicted octanol–water partition coefficient (Wildman–Crippen LogP) is 2.02. The molecule has 0 amide bonds. The van der Waals surface area contributed by atoms with Crippen LogP contribution in [-0.2, 0) is 10.0 Å². The van der Waals surface area contributed by atoms with E-state index < -0.39 is 10.0 Å². The van der Waals surface area contributed by atoms with Crippen LogP contribution >= 0.6 is 0 Å². The molecule has 0 bridgehead atoms. The van der Waals surface area contributed by atoms with Crippen molar-refractivity contribution in [3.05, 3.63) is 53.6 Å². The Kier molecular flexibility index (Phi) is 6.59. The fourth-order valence-corrected chi connectivity index (χ4v) is 3.70. The summed E-state index contributed by atoms with van der Waals surface area (Å²) in [5, 5.41) is 2.93. The number of nitrogens with two attached hydrogens (primary N) is 1. The Hall–Kier alpha value is -2.58. The summed E-state index contributed by atoms with van der Waals surface area (Å²) in [5.41, 5.74) is 8.11. The number of hydrogen-bond donors (Lipinski definition) is 3. The Morgan fingerprint density at radius 1 is 1.19 bits per heavy atom. The van der Waals surface area contributed by atoms with E-state index in [1.807, 2.05) is 31.2 Å². The topological polar surface area (TPSA) is 106 Å². The van der Waals surface area contributed by atoms with Gasteiger partial charge < -0.3 is 15.8 Å². The van der Waals surface area contributed by atoms with Crippen LogP contribution in [0.2, 0.25) is 0 Å². The molecule has 0 fully saturated rings. The van der Waals surface area contributed by atoms with Crippen molar-refractivity contribution < 1.29 is 13.2 Å². The molecular formula is C18H24N4O3S. The SMILES string of the molecule is COc1ccccc1NC(N)=NCCNS(=O)(=O)c1cc(C)ccc1C. The molecule has 2 rings (SSSR count). The average Bonchev–Trinajstić information content (AvgIpc) is 2.61. The summed E-state index contributed by atoms with van der Waals surface area (Å²) in [6.07, 6.45) is 0. The van der Waals surface area contributed by atoms with Gasteiger partial charge in [0.15, 0.2) is 5.96 Å². The maximum absolute atomic E-state index is 12.4. The largest absolute Gasteiger partial charge is 0.495 e. The van der Waals surface area contributed by atoms with Gasteiger partial charge in [0.25, 0.3) is 0 Å². The first-order valence-corrected chi connectivity index (χ1v) is 9.58. The Balaban J connectivity index is 1.94. The van der Waals surface area contributed by atoms with Crippen molar-refractivity contribution in [2.75, 3.05) is 25.5 Å². The Bertz CT molecular complexity index is 895. The summed E-state index contributed by atoms with van der Waals surface area (Å²) >= 11 is 0. The lowest BCUT2D eigenvalue weighted by molar-refractivity contribution is 0.417. The van der Waals surface area contributed by atoms with Crippen molar-refractivity contribution in [2.45, 2.75) is 18.7 Å². The number of nitrogens with one attached hydrogen (secondary N) is 2. The number of aliphatic imine (C=N–C) groups is 1. The Morgan fingerprint density at radius 2 is 1.92 bits per heavy atom. The molecule has 0 aliphatic carbocycles. The summed E-state index contributed by atoms with van der Waals surface area (Å²) in [7, 11) is -2.02. The molecule has 8 heteroatoms. The van der Waals surface area contributed by atoms with Crippen LogP contribution in [-0.4, -0.2) is 34.6 Å². The number of aryl methyl sites for hydroxylation is 2. The van der Waals surface area contributed by atoms with Crippen molar-refractivity contribution in [1.82, 2.24) is 4.72 Å². The minimum absolute atomic E-state index is 0.143. The molecule has 0 radical (unpaired) electrons. The number of sulfonamides is 1. The average molecular weight is 376 g/mol. The third-order valence-corrected chi connectivity index (χ3v) is 5.29. The van der Waals surface area contributed by atoms with Crippen LogP contribution in [0.4, 0.5) is 5.69 Å². The van der Waals surface area contributed by atoms with Crippen LogP contribution in [0.1, 0.15) is 11.1 Å². The number of hydrogen-bond acceptors (Lipinski definition) is 4. The van der Waals surface area contributed by atoms with Crippen LogP contribution in [0, 0.1) is 13.8 Å². The normalized spacial score (nSPS) is 12.0. The lowest BCUT2D eigenvalue weighted by atomic mass is 10.2. The molecule has 0 spiro atoms. The van der Waals surface area contributed by atoms with Crippen LogP contribution in [0.5, 0.6) is 5.75 Å². The number of para-hydroxylation sites is 2. The zero-order valence-electron chi connectivity index (χ0n) is 15.1. The molecule has 0 aliphatic heterocycles. The van der Waals surface area contributed by atoms with Gasteiger partial charge in [-0.1, -0.05) is 24.3 Å². The maximum Gasteiger partial charge on any atom is 0.240 e. The number of methoxy groups -OCH3 is 1. The van der Waals surface area contributed by atoms with Crippen molar-refractivity contribution in [3.63, 3.8) is 0 Å². The molecule has 0 saturated carbocycles. The number of anilines is 1.